The summed E-state index contributed by atoms with van der Waals surface area (Å²) in [5.41, 5.74) is 1.43. The van der Waals surface area contributed by atoms with Gasteiger partial charge in [-0.3, -0.25) is 4.79 Å². The number of carbonyl (C=O) groups excluding carboxylic acids is 1. The molecular formula is C16H16ClNOS. The summed E-state index contributed by atoms with van der Waals surface area (Å²) >= 11 is 7.77. The van der Waals surface area contributed by atoms with Crippen molar-refractivity contribution in [1.29, 1.82) is 0 Å². The first-order valence-electron chi connectivity index (χ1n) is 6.37. The molecule has 0 N–H and O–H groups in total. The first kappa shape index (κ1) is 14.9. The average Bonchev–Trinajstić information content (AvgIpc) is 2.49. The molecule has 0 aliphatic heterocycles. The maximum atomic E-state index is 12.7. The number of halogens is 1. The van der Waals surface area contributed by atoms with Gasteiger partial charge >= 0.3 is 0 Å². The van der Waals surface area contributed by atoms with Gasteiger partial charge in [0.1, 0.15) is 0 Å². The van der Waals surface area contributed by atoms with Crippen molar-refractivity contribution in [2.45, 2.75) is 11.8 Å². The molecule has 0 radical (unpaired) electrons. The third-order valence-electron chi connectivity index (χ3n) is 3.03. The molecule has 1 amide bonds. The molecule has 0 unspecified atom stereocenters. The number of benzene rings is 2. The largest absolute Gasteiger partial charge is 0.309 e. The van der Waals surface area contributed by atoms with Gasteiger partial charge in [-0.25, -0.2) is 0 Å². The Hall–Kier alpha value is -1.45. The smallest absolute Gasteiger partial charge is 0.259 e. The molecule has 0 saturated carbocycles. The average molecular weight is 306 g/mol. The van der Waals surface area contributed by atoms with E-state index >= 15 is 0 Å². The molecule has 0 fully saturated rings. The normalized spacial score (nSPS) is 10.3. The summed E-state index contributed by atoms with van der Waals surface area (Å²) in [5.74, 6) is -0.0698. The van der Waals surface area contributed by atoms with Crippen LogP contribution in [0.3, 0.4) is 0 Å². The molecule has 2 nitrogen and oxygen atoms in total. The van der Waals surface area contributed by atoms with Gasteiger partial charge in [0, 0.05) is 17.1 Å². The molecule has 0 heterocycles. The molecule has 4 heteroatoms. The fourth-order valence-corrected chi connectivity index (χ4v) is 2.63. The third kappa shape index (κ3) is 3.17. The monoisotopic (exact) mass is 305 g/mol. The number of hydrogen-bond donors (Lipinski definition) is 0. The minimum Gasteiger partial charge on any atom is -0.309 e. The van der Waals surface area contributed by atoms with Gasteiger partial charge in [0.05, 0.1) is 10.6 Å². The van der Waals surface area contributed by atoms with E-state index in [-0.39, 0.29) is 5.91 Å². The van der Waals surface area contributed by atoms with Crippen molar-refractivity contribution in [2.24, 2.45) is 0 Å². The van der Waals surface area contributed by atoms with Crippen LogP contribution in [0.2, 0.25) is 5.02 Å². The highest BCUT2D eigenvalue weighted by atomic mass is 35.5. The van der Waals surface area contributed by atoms with Gasteiger partial charge < -0.3 is 4.90 Å². The van der Waals surface area contributed by atoms with Crippen LogP contribution in [0, 0.1) is 0 Å². The summed E-state index contributed by atoms with van der Waals surface area (Å²) in [4.78, 5) is 15.5. The van der Waals surface area contributed by atoms with Crippen LogP contribution in [0.1, 0.15) is 17.3 Å². The fourth-order valence-electron chi connectivity index (χ4n) is 1.99. The first-order chi connectivity index (χ1) is 9.67. The molecule has 0 saturated heterocycles. The van der Waals surface area contributed by atoms with Gasteiger partial charge in [0.15, 0.2) is 0 Å². The van der Waals surface area contributed by atoms with Gasteiger partial charge in [-0.05, 0) is 43.5 Å². The maximum Gasteiger partial charge on any atom is 0.259 e. The van der Waals surface area contributed by atoms with Gasteiger partial charge in [-0.2, -0.15) is 0 Å². The Morgan fingerprint density at radius 1 is 1.20 bits per heavy atom. The molecule has 2 aromatic rings. The highest BCUT2D eigenvalue weighted by Crippen LogP contribution is 2.26. The predicted octanol–water partition coefficient (Wildman–Crippen LogP) is 4.73. The van der Waals surface area contributed by atoms with Crippen molar-refractivity contribution < 1.29 is 4.79 Å². The van der Waals surface area contributed by atoms with E-state index in [1.165, 1.54) is 0 Å². The second kappa shape index (κ2) is 6.82. The van der Waals surface area contributed by atoms with Crippen molar-refractivity contribution in [3.05, 3.63) is 59.1 Å². The number of nitrogens with zero attached hydrogens (tertiary/aromatic N) is 1. The maximum absolute atomic E-state index is 12.7. The molecule has 2 rings (SSSR count). The summed E-state index contributed by atoms with van der Waals surface area (Å²) < 4.78 is 0. The fraction of sp³-hybridized carbons (Fsp3) is 0.188. The minimum atomic E-state index is -0.0698. The van der Waals surface area contributed by atoms with E-state index in [4.69, 9.17) is 11.6 Å². The molecule has 104 valence electrons. The summed E-state index contributed by atoms with van der Waals surface area (Å²) in [6.07, 6.45) is 1.98. The van der Waals surface area contributed by atoms with Crippen molar-refractivity contribution in [3.63, 3.8) is 0 Å². The van der Waals surface area contributed by atoms with Gasteiger partial charge in [0.2, 0.25) is 0 Å². The van der Waals surface area contributed by atoms with Crippen LogP contribution >= 0.6 is 23.4 Å². The number of amides is 1. The Bertz CT molecular complexity index is 601. The molecule has 0 bridgehead atoms. The molecule has 2 aromatic carbocycles. The SMILES string of the molecule is CCN(C(=O)c1cc(SC)ccc1Cl)c1ccccc1. The minimum absolute atomic E-state index is 0.0698. The second-order valence-corrected chi connectivity index (χ2v) is 5.52. The lowest BCUT2D eigenvalue weighted by Crippen LogP contribution is -2.30. The predicted molar refractivity (Wildman–Crippen MR) is 87.0 cm³/mol. The van der Waals surface area contributed by atoms with Crippen molar-refractivity contribution in [2.75, 3.05) is 17.7 Å². The Labute approximate surface area is 128 Å². The molecule has 0 aliphatic rings. The standard InChI is InChI=1S/C16H16ClNOS/c1-3-18(12-7-5-4-6-8-12)16(19)14-11-13(20-2)9-10-15(14)17/h4-11H,3H2,1-2H3. The van der Waals surface area contributed by atoms with Crippen LogP contribution in [-0.2, 0) is 0 Å². The summed E-state index contributed by atoms with van der Waals surface area (Å²) in [6, 6.07) is 15.2. The van der Waals surface area contributed by atoms with E-state index in [1.54, 1.807) is 22.7 Å². The highest BCUT2D eigenvalue weighted by molar-refractivity contribution is 7.98. The number of para-hydroxylation sites is 1. The van der Waals surface area contributed by atoms with E-state index in [9.17, 15) is 4.79 Å². The van der Waals surface area contributed by atoms with E-state index in [2.05, 4.69) is 0 Å². The van der Waals surface area contributed by atoms with Crippen LogP contribution in [0.5, 0.6) is 0 Å². The van der Waals surface area contributed by atoms with Crippen molar-refractivity contribution >= 4 is 35.0 Å². The molecular weight excluding hydrogens is 290 g/mol. The number of hydrogen-bond acceptors (Lipinski definition) is 2. The topological polar surface area (TPSA) is 20.3 Å². The first-order valence-corrected chi connectivity index (χ1v) is 7.98. The van der Waals surface area contributed by atoms with Crippen LogP contribution < -0.4 is 4.90 Å². The Balaban J connectivity index is 2.39. The Kier molecular flexibility index (Phi) is 5.10. The molecule has 0 spiro atoms. The number of thioether (sulfide) groups is 1. The zero-order chi connectivity index (χ0) is 14.5. The number of rotatable bonds is 4. The lowest BCUT2D eigenvalue weighted by molar-refractivity contribution is 0.0988. The van der Waals surface area contributed by atoms with Crippen LogP contribution in [0.4, 0.5) is 5.69 Å². The van der Waals surface area contributed by atoms with Crippen LogP contribution in [0.25, 0.3) is 0 Å². The number of anilines is 1. The van der Waals surface area contributed by atoms with Crippen LogP contribution in [-0.4, -0.2) is 18.7 Å². The lowest BCUT2D eigenvalue weighted by Gasteiger charge is -2.21. The molecule has 0 aliphatic carbocycles. The van der Waals surface area contributed by atoms with E-state index in [1.807, 2.05) is 55.6 Å². The van der Waals surface area contributed by atoms with E-state index in [0.29, 0.717) is 17.1 Å². The summed E-state index contributed by atoms with van der Waals surface area (Å²) in [5, 5.41) is 0.488. The van der Waals surface area contributed by atoms with E-state index < -0.39 is 0 Å². The summed E-state index contributed by atoms with van der Waals surface area (Å²) in [7, 11) is 0. The zero-order valence-corrected chi connectivity index (χ0v) is 13.0. The Morgan fingerprint density at radius 3 is 2.50 bits per heavy atom. The van der Waals surface area contributed by atoms with E-state index in [0.717, 1.165) is 10.6 Å². The van der Waals surface area contributed by atoms with Crippen molar-refractivity contribution in [3.8, 4) is 0 Å². The highest BCUT2D eigenvalue weighted by Gasteiger charge is 2.18. The van der Waals surface area contributed by atoms with Crippen molar-refractivity contribution in [1.82, 2.24) is 0 Å². The quantitative estimate of drug-likeness (QED) is 0.761. The van der Waals surface area contributed by atoms with Crippen LogP contribution in [0.15, 0.2) is 53.4 Å². The zero-order valence-electron chi connectivity index (χ0n) is 11.5. The van der Waals surface area contributed by atoms with Gasteiger partial charge in [-0.1, -0.05) is 29.8 Å². The Morgan fingerprint density at radius 2 is 1.90 bits per heavy atom. The molecule has 0 aromatic heterocycles. The van der Waals surface area contributed by atoms with Gasteiger partial charge in [-0.15, -0.1) is 11.8 Å². The molecule has 20 heavy (non-hydrogen) atoms. The lowest BCUT2D eigenvalue weighted by atomic mass is 10.1. The number of carbonyl (C=O) groups is 1. The third-order valence-corrected chi connectivity index (χ3v) is 4.09. The van der Waals surface area contributed by atoms with Gasteiger partial charge in [0.25, 0.3) is 5.91 Å². The summed E-state index contributed by atoms with van der Waals surface area (Å²) in [6.45, 7) is 2.56. The second-order valence-electron chi connectivity index (χ2n) is 4.23. The molecule has 0 atom stereocenters.